The number of hydrogen-bond acceptors (Lipinski definition) is 8. The minimum absolute atomic E-state index is 0.299. The van der Waals surface area contributed by atoms with Crippen molar-refractivity contribution in [1.82, 2.24) is 19.7 Å². The molecule has 3 fully saturated rings. The van der Waals surface area contributed by atoms with Crippen LogP contribution < -0.4 is 14.4 Å². The molecule has 8 nitrogen and oxygen atoms in total. The first-order chi connectivity index (χ1) is 22.2. The van der Waals surface area contributed by atoms with E-state index in [-0.39, 0.29) is 6.09 Å². The van der Waals surface area contributed by atoms with Crippen LogP contribution in [-0.2, 0) is 0 Å². The number of amides is 1. The van der Waals surface area contributed by atoms with Crippen LogP contribution in [0.1, 0.15) is 44.9 Å². The molecule has 7 rings (SSSR count). The fourth-order valence-corrected chi connectivity index (χ4v) is 7.98. The Bertz CT molecular complexity index is 1570. The Morgan fingerprint density at radius 1 is 0.867 bits per heavy atom. The zero-order valence-corrected chi connectivity index (χ0v) is 27.1. The fraction of sp³-hybridized carbons (Fsp3) is 0.500. The first-order valence-corrected chi connectivity index (χ1v) is 17.8. The Kier molecular flexibility index (Phi) is 9.65. The highest BCUT2D eigenvalue weighted by Crippen LogP contribution is 2.31. The molecule has 0 N–H and O–H groups in total. The highest BCUT2D eigenvalue weighted by atomic mass is 32.1. The topological polar surface area (TPSA) is 61.4 Å². The summed E-state index contributed by atoms with van der Waals surface area (Å²) in [5.74, 6) is 1.14. The minimum atomic E-state index is -0.299. The van der Waals surface area contributed by atoms with Crippen LogP contribution in [0.2, 0.25) is 0 Å². The van der Waals surface area contributed by atoms with Crippen LogP contribution in [0.5, 0.6) is 11.6 Å². The summed E-state index contributed by atoms with van der Waals surface area (Å²) < 4.78 is 13.2. The van der Waals surface area contributed by atoms with Crippen molar-refractivity contribution < 1.29 is 14.3 Å². The lowest BCUT2D eigenvalue weighted by atomic mass is 10.0. The normalized spacial score (nSPS) is 18.9. The summed E-state index contributed by atoms with van der Waals surface area (Å²) in [4.78, 5) is 27.1. The highest BCUT2D eigenvalue weighted by molar-refractivity contribution is 7.17. The first-order valence-electron chi connectivity index (χ1n) is 16.9. The molecular formula is C36H45N5O3S. The molecule has 0 unspecified atom stereocenters. The third-order valence-corrected chi connectivity index (χ3v) is 10.7. The van der Waals surface area contributed by atoms with Gasteiger partial charge in [-0.2, -0.15) is 0 Å². The monoisotopic (exact) mass is 627 g/mol. The zero-order valence-electron chi connectivity index (χ0n) is 26.2. The molecule has 2 aromatic heterocycles. The molecule has 0 spiro atoms. The van der Waals surface area contributed by atoms with E-state index in [0.717, 1.165) is 88.1 Å². The fourth-order valence-electron chi connectivity index (χ4n) is 7.17. The van der Waals surface area contributed by atoms with Gasteiger partial charge in [0.05, 0.1) is 12.1 Å². The number of likely N-dealkylation sites (tertiary alicyclic amines) is 2. The van der Waals surface area contributed by atoms with E-state index in [0.29, 0.717) is 18.5 Å². The van der Waals surface area contributed by atoms with Gasteiger partial charge in [0.1, 0.15) is 5.75 Å². The average Bonchev–Trinajstić information content (AvgIpc) is 3.58. The standard InChI is InChI=1S/C36H45N5O3S/c42-36(41-19-13-29(14-20-41)39-17-2-1-3-18-39)44-35-12-10-28-9-11-30(27-32(28)37-35)43-25-5-4-16-38-21-23-40(24-22-38)33-7-6-8-34-31(33)15-26-45-34/h6-12,15,26-27,29H,1-5,13-14,16-25H2. The van der Waals surface area contributed by atoms with Crippen LogP contribution in [0.25, 0.3) is 21.0 Å². The number of hydrogen-bond donors (Lipinski definition) is 0. The molecule has 4 aromatic rings. The molecule has 0 atom stereocenters. The number of fused-ring (bicyclic) bond motifs is 2. The Hall–Kier alpha value is -3.40. The molecule has 3 aliphatic rings. The maximum absolute atomic E-state index is 12.9. The van der Waals surface area contributed by atoms with Gasteiger partial charge in [-0.3, -0.25) is 4.90 Å². The molecule has 2 aromatic carbocycles. The van der Waals surface area contributed by atoms with Gasteiger partial charge in [0, 0.05) is 78.6 Å². The summed E-state index contributed by atoms with van der Waals surface area (Å²) in [6.45, 7) is 10.0. The highest BCUT2D eigenvalue weighted by Gasteiger charge is 2.28. The molecule has 9 heteroatoms. The zero-order chi connectivity index (χ0) is 30.4. The molecule has 5 heterocycles. The van der Waals surface area contributed by atoms with E-state index in [2.05, 4.69) is 49.3 Å². The van der Waals surface area contributed by atoms with Gasteiger partial charge in [-0.25, -0.2) is 9.78 Å². The summed E-state index contributed by atoms with van der Waals surface area (Å²) in [7, 11) is 0. The Labute approximate surface area is 270 Å². The third kappa shape index (κ3) is 7.37. The largest absolute Gasteiger partial charge is 0.494 e. The van der Waals surface area contributed by atoms with Crippen molar-refractivity contribution in [1.29, 1.82) is 0 Å². The van der Waals surface area contributed by atoms with Gasteiger partial charge in [-0.1, -0.05) is 12.5 Å². The molecule has 3 saturated heterocycles. The molecule has 45 heavy (non-hydrogen) atoms. The van der Waals surface area contributed by atoms with Gasteiger partial charge < -0.3 is 24.2 Å². The maximum atomic E-state index is 12.9. The van der Waals surface area contributed by atoms with Crippen molar-refractivity contribution in [3.05, 3.63) is 60.0 Å². The molecule has 0 aliphatic carbocycles. The van der Waals surface area contributed by atoms with E-state index < -0.39 is 0 Å². The number of unbranched alkanes of at least 4 members (excludes halogenated alkanes) is 1. The van der Waals surface area contributed by atoms with Crippen molar-refractivity contribution in [2.24, 2.45) is 0 Å². The minimum Gasteiger partial charge on any atom is -0.494 e. The molecule has 0 radical (unpaired) electrons. The van der Waals surface area contributed by atoms with E-state index in [1.807, 2.05) is 40.5 Å². The van der Waals surface area contributed by atoms with Gasteiger partial charge >= 0.3 is 6.09 Å². The predicted octanol–water partition coefficient (Wildman–Crippen LogP) is 6.88. The number of carbonyl (C=O) groups is 1. The second kappa shape index (κ2) is 14.4. The van der Waals surface area contributed by atoms with E-state index in [1.165, 1.54) is 48.1 Å². The summed E-state index contributed by atoms with van der Waals surface area (Å²) in [6, 6.07) is 19.2. The van der Waals surface area contributed by atoms with Crippen LogP contribution in [-0.4, -0.2) is 97.3 Å². The molecular weight excluding hydrogens is 582 g/mol. The molecule has 3 aliphatic heterocycles. The van der Waals surface area contributed by atoms with Crippen LogP contribution in [0.4, 0.5) is 10.5 Å². The van der Waals surface area contributed by atoms with Gasteiger partial charge in [-0.15, -0.1) is 11.3 Å². The summed E-state index contributed by atoms with van der Waals surface area (Å²) in [5, 5.41) is 4.57. The van der Waals surface area contributed by atoms with Gasteiger partial charge in [0.25, 0.3) is 0 Å². The van der Waals surface area contributed by atoms with Crippen molar-refractivity contribution in [2.45, 2.75) is 51.0 Å². The van der Waals surface area contributed by atoms with E-state index >= 15 is 0 Å². The van der Waals surface area contributed by atoms with Crippen molar-refractivity contribution in [2.75, 3.05) is 70.4 Å². The lowest BCUT2D eigenvalue weighted by Gasteiger charge is -2.39. The second-order valence-electron chi connectivity index (χ2n) is 12.7. The van der Waals surface area contributed by atoms with Crippen molar-refractivity contribution in [3.8, 4) is 11.6 Å². The molecule has 0 saturated carbocycles. The average molecular weight is 628 g/mol. The number of aromatic nitrogens is 1. The number of piperazine rings is 1. The van der Waals surface area contributed by atoms with Gasteiger partial charge in [0.15, 0.2) is 0 Å². The van der Waals surface area contributed by atoms with Crippen molar-refractivity contribution >= 4 is 44.1 Å². The number of ether oxygens (including phenoxy) is 2. The SMILES string of the molecule is O=C(Oc1ccc2ccc(OCCCCN3CCN(c4cccc5sccc45)CC3)cc2n1)N1CCC(N2CCCCC2)CC1. The Balaban J connectivity index is 0.833. The number of rotatable bonds is 9. The van der Waals surface area contributed by atoms with Gasteiger partial charge in [0.2, 0.25) is 5.88 Å². The number of pyridine rings is 1. The summed E-state index contributed by atoms with van der Waals surface area (Å²) in [6.07, 6.45) is 7.81. The predicted molar refractivity (Wildman–Crippen MR) is 183 cm³/mol. The smallest absolute Gasteiger partial charge is 0.416 e. The first kappa shape index (κ1) is 30.3. The Morgan fingerprint density at radius 2 is 1.69 bits per heavy atom. The maximum Gasteiger partial charge on any atom is 0.416 e. The second-order valence-corrected chi connectivity index (χ2v) is 13.6. The third-order valence-electron chi connectivity index (χ3n) is 9.78. The van der Waals surface area contributed by atoms with Gasteiger partial charge in [-0.05, 0) is 99.9 Å². The molecule has 1 amide bonds. The molecule has 0 bridgehead atoms. The summed E-state index contributed by atoms with van der Waals surface area (Å²) >= 11 is 1.82. The lowest BCUT2D eigenvalue weighted by Crippen LogP contribution is -2.48. The Morgan fingerprint density at radius 3 is 2.53 bits per heavy atom. The lowest BCUT2D eigenvalue weighted by molar-refractivity contribution is 0.0873. The van der Waals surface area contributed by atoms with Crippen LogP contribution in [0.15, 0.2) is 60.0 Å². The molecule has 238 valence electrons. The van der Waals surface area contributed by atoms with Crippen LogP contribution in [0, 0.1) is 0 Å². The van der Waals surface area contributed by atoms with Crippen LogP contribution >= 0.6 is 11.3 Å². The van der Waals surface area contributed by atoms with Crippen molar-refractivity contribution in [3.63, 3.8) is 0 Å². The van der Waals surface area contributed by atoms with E-state index in [1.54, 1.807) is 6.07 Å². The van der Waals surface area contributed by atoms with E-state index in [4.69, 9.17) is 9.47 Å². The van der Waals surface area contributed by atoms with Crippen LogP contribution in [0.3, 0.4) is 0 Å². The number of benzene rings is 2. The van der Waals surface area contributed by atoms with E-state index in [9.17, 15) is 4.79 Å². The number of nitrogens with zero attached hydrogens (tertiary/aromatic N) is 5. The summed E-state index contributed by atoms with van der Waals surface area (Å²) in [5.41, 5.74) is 2.15. The number of piperidine rings is 2. The quantitative estimate of drug-likeness (QED) is 0.188. The number of anilines is 1. The number of thiophene rings is 1. The number of carbonyl (C=O) groups excluding carboxylic acids is 1.